The Hall–Kier alpha value is -0.570. The Morgan fingerprint density at radius 3 is 2.93 bits per heavy atom. The van der Waals surface area contributed by atoms with E-state index in [1.54, 1.807) is 0 Å². The van der Waals surface area contributed by atoms with Crippen LogP contribution in [0, 0.1) is 11.8 Å². The van der Waals surface area contributed by atoms with E-state index < -0.39 is 0 Å². The second kappa shape index (κ2) is 4.12. The van der Waals surface area contributed by atoms with Gasteiger partial charge in [-0.1, -0.05) is 20.3 Å². The highest BCUT2D eigenvalue weighted by Gasteiger charge is 2.47. The monoisotopic (exact) mass is 211 g/mol. The Bertz CT molecular complexity index is 246. The van der Waals surface area contributed by atoms with E-state index in [9.17, 15) is 4.79 Å². The Labute approximate surface area is 91.6 Å². The van der Waals surface area contributed by atoms with Crippen LogP contribution in [-0.2, 0) is 9.53 Å². The summed E-state index contributed by atoms with van der Waals surface area (Å²) in [6, 6.07) is 0. The first kappa shape index (κ1) is 10.9. The number of hydrogen-bond donors (Lipinski definition) is 1. The van der Waals surface area contributed by atoms with Gasteiger partial charge in [-0.05, 0) is 25.2 Å². The minimum absolute atomic E-state index is 0.0245. The van der Waals surface area contributed by atoms with Crippen LogP contribution in [0.25, 0.3) is 0 Å². The third-order valence-electron chi connectivity index (χ3n) is 3.41. The van der Waals surface area contributed by atoms with Crippen LogP contribution in [-0.4, -0.2) is 24.7 Å². The molecular formula is C12H21NO2. The van der Waals surface area contributed by atoms with Gasteiger partial charge in [0.25, 0.3) is 0 Å². The Morgan fingerprint density at radius 2 is 2.33 bits per heavy atom. The highest BCUT2D eigenvalue weighted by atomic mass is 16.5. The molecule has 1 aliphatic carbocycles. The molecule has 2 unspecified atom stereocenters. The molecule has 1 saturated heterocycles. The largest absolute Gasteiger partial charge is 0.465 e. The number of esters is 1. The number of nitrogens with one attached hydrogen (secondary N) is 1. The van der Waals surface area contributed by atoms with Crippen molar-refractivity contribution in [3.63, 3.8) is 0 Å². The van der Waals surface area contributed by atoms with Crippen molar-refractivity contribution in [2.24, 2.45) is 11.8 Å². The molecule has 0 aromatic rings. The van der Waals surface area contributed by atoms with E-state index in [0.29, 0.717) is 18.1 Å². The topological polar surface area (TPSA) is 48.2 Å². The molecule has 86 valence electrons. The van der Waals surface area contributed by atoms with E-state index in [0.717, 1.165) is 25.8 Å². The fraction of sp³-hybridized carbons (Fsp3) is 0.917. The Kier molecular flexibility index (Phi) is 3.01. The maximum atomic E-state index is 11.8. The van der Waals surface area contributed by atoms with Crippen LogP contribution in [0.3, 0.4) is 0 Å². The van der Waals surface area contributed by atoms with Crippen molar-refractivity contribution in [1.82, 2.24) is 5.32 Å². The number of carbonyl (C=O) groups is 1. The molecule has 2 aliphatic rings. The first-order valence-corrected chi connectivity index (χ1v) is 6.03. The molecule has 0 aromatic carbocycles. The van der Waals surface area contributed by atoms with Gasteiger partial charge in [-0.25, -0.2) is 0 Å². The van der Waals surface area contributed by atoms with Gasteiger partial charge in [0, 0.05) is 12.1 Å². The van der Waals surface area contributed by atoms with Crippen LogP contribution in [0.2, 0.25) is 0 Å². The summed E-state index contributed by atoms with van der Waals surface area (Å²) in [6.45, 7) is 5.80. The summed E-state index contributed by atoms with van der Waals surface area (Å²) in [5.74, 6) is 0.606. The molecular weight excluding hydrogens is 190 g/mol. The average molecular weight is 211 g/mol. The number of hydrogen-bond acceptors (Lipinski definition) is 3. The highest BCUT2D eigenvalue weighted by Crippen LogP contribution is 2.38. The molecule has 1 spiro atoms. The zero-order chi connectivity index (χ0) is 10.9. The molecule has 1 aliphatic heterocycles. The van der Waals surface area contributed by atoms with Crippen molar-refractivity contribution in [2.75, 3.05) is 13.2 Å². The standard InChI is InChI=1S/C12H21NO2/c1-9(2)7-15-11(14)10-4-3-5-12(6-10)8-13-12/h9-10,13H,3-8H2,1-2H3. The van der Waals surface area contributed by atoms with Gasteiger partial charge < -0.3 is 10.1 Å². The van der Waals surface area contributed by atoms with Gasteiger partial charge in [-0.15, -0.1) is 0 Å². The molecule has 2 atom stereocenters. The predicted octanol–water partition coefficient (Wildman–Crippen LogP) is 1.72. The summed E-state index contributed by atoms with van der Waals surface area (Å²) in [7, 11) is 0. The third-order valence-corrected chi connectivity index (χ3v) is 3.41. The van der Waals surface area contributed by atoms with Crippen molar-refractivity contribution in [2.45, 2.75) is 45.1 Å². The summed E-state index contributed by atoms with van der Waals surface area (Å²) < 4.78 is 5.30. The lowest BCUT2D eigenvalue weighted by atomic mass is 9.81. The summed E-state index contributed by atoms with van der Waals surface area (Å²) in [5, 5.41) is 3.39. The number of carbonyl (C=O) groups excluding carboxylic acids is 1. The van der Waals surface area contributed by atoms with Gasteiger partial charge in [-0.3, -0.25) is 4.79 Å². The average Bonchev–Trinajstić information content (AvgIpc) is 2.94. The predicted molar refractivity (Wildman–Crippen MR) is 58.5 cm³/mol. The van der Waals surface area contributed by atoms with Crippen LogP contribution in [0.15, 0.2) is 0 Å². The SMILES string of the molecule is CC(C)COC(=O)C1CCCC2(CN2)C1. The minimum Gasteiger partial charge on any atom is -0.465 e. The van der Waals surface area contributed by atoms with Crippen LogP contribution in [0.5, 0.6) is 0 Å². The van der Waals surface area contributed by atoms with E-state index in [2.05, 4.69) is 19.2 Å². The van der Waals surface area contributed by atoms with Crippen LogP contribution in [0.1, 0.15) is 39.5 Å². The normalized spacial score (nSPS) is 34.5. The van der Waals surface area contributed by atoms with E-state index in [1.807, 2.05) is 0 Å². The Balaban J connectivity index is 1.79. The molecule has 1 heterocycles. The van der Waals surface area contributed by atoms with Crippen molar-refractivity contribution in [3.05, 3.63) is 0 Å². The van der Waals surface area contributed by atoms with Gasteiger partial charge in [-0.2, -0.15) is 0 Å². The molecule has 15 heavy (non-hydrogen) atoms. The van der Waals surface area contributed by atoms with Gasteiger partial charge in [0.2, 0.25) is 0 Å². The molecule has 3 nitrogen and oxygen atoms in total. The molecule has 0 bridgehead atoms. The fourth-order valence-corrected chi connectivity index (χ4v) is 2.38. The summed E-state index contributed by atoms with van der Waals surface area (Å²) in [5.41, 5.74) is 0.319. The molecule has 2 rings (SSSR count). The maximum Gasteiger partial charge on any atom is 0.309 e. The van der Waals surface area contributed by atoms with Crippen molar-refractivity contribution >= 4 is 5.97 Å². The molecule has 1 N–H and O–H groups in total. The van der Waals surface area contributed by atoms with Crippen molar-refractivity contribution in [3.8, 4) is 0 Å². The van der Waals surface area contributed by atoms with E-state index in [1.165, 1.54) is 6.42 Å². The van der Waals surface area contributed by atoms with Crippen LogP contribution >= 0.6 is 0 Å². The summed E-state index contributed by atoms with van der Waals surface area (Å²) >= 11 is 0. The smallest absolute Gasteiger partial charge is 0.309 e. The second-order valence-corrected chi connectivity index (χ2v) is 5.45. The lowest BCUT2D eigenvalue weighted by molar-refractivity contribution is -0.151. The van der Waals surface area contributed by atoms with E-state index >= 15 is 0 Å². The Morgan fingerprint density at radius 1 is 1.60 bits per heavy atom. The quantitative estimate of drug-likeness (QED) is 0.571. The fourth-order valence-electron chi connectivity index (χ4n) is 2.38. The second-order valence-electron chi connectivity index (χ2n) is 5.45. The molecule has 3 heteroatoms. The van der Waals surface area contributed by atoms with Crippen LogP contribution < -0.4 is 5.32 Å². The molecule has 2 fully saturated rings. The maximum absolute atomic E-state index is 11.8. The van der Waals surface area contributed by atoms with Crippen molar-refractivity contribution in [1.29, 1.82) is 0 Å². The zero-order valence-electron chi connectivity index (χ0n) is 9.71. The minimum atomic E-state index is 0.0245. The lowest BCUT2D eigenvalue weighted by Gasteiger charge is -2.26. The molecule has 0 aromatic heterocycles. The van der Waals surface area contributed by atoms with Gasteiger partial charge >= 0.3 is 5.97 Å². The molecule has 0 amide bonds. The highest BCUT2D eigenvalue weighted by molar-refractivity contribution is 5.72. The van der Waals surface area contributed by atoms with Crippen molar-refractivity contribution < 1.29 is 9.53 Å². The zero-order valence-corrected chi connectivity index (χ0v) is 9.71. The molecule has 0 radical (unpaired) electrons. The number of rotatable bonds is 3. The summed E-state index contributed by atoms with van der Waals surface area (Å²) in [6.07, 6.45) is 4.40. The van der Waals surface area contributed by atoms with Gasteiger partial charge in [0.1, 0.15) is 0 Å². The van der Waals surface area contributed by atoms with Crippen LogP contribution in [0.4, 0.5) is 0 Å². The summed E-state index contributed by atoms with van der Waals surface area (Å²) in [4.78, 5) is 11.8. The number of ether oxygens (including phenoxy) is 1. The van der Waals surface area contributed by atoms with Gasteiger partial charge in [0.15, 0.2) is 0 Å². The van der Waals surface area contributed by atoms with E-state index in [-0.39, 0.29) is 11.9 Å². The van der Waals surface area contributed by atoms with Gasteiger partial charge in [0.05, 0.1) is 12.5 Å². The van der Waals surface area contributed by atoms with E-state index in [4.69, 9.17) is 4.74 Å². The third kappa shape index (κ3) is 2.71. The first-order valence-electron chi connectivity index (χ1n) is 6.03. The lowest BCUT2D eigenvalue weighted by Crippen LogP contribution is -2.31. The first-order chi connectivity index (χ1) is 7.11. The molecule has 1 saturated carbocycles.